The Balaban J connectivity index is 0.0000000900. The zero-order valence-electron chi connectivity index (χ0n) is 2.62. The second-order valence-corrected chi connectivity index (χ2v) is 1.06. The molecule has 0 aromatic heterocycles. The van der Waals surface area contributed by atoms with Crippen molar-refractivity contribution in [1.82, 2.24) is 0 Å². The molecule has 1 fully saturated rings. The van der Waals surface area contributed by atoms with Crippen LogP contribution in [-0.2, 0) is 0 Å². The Morgan fingerprint density at radius 1 is 0.750 bits per heavy atom. The van der Waals surface area contributed by atoms with Crippen LogP contribution in [0.4, 0.5) is 0 Å². The van der Waals surface area contributed by atoms with Crippen LogP contribution in [-0.4, -0.2) is 23.9 Å². The summed E-state index contributed by atoms with van der Waals surface area (Å²) >= 11 is 0. The van der Waals surface area contributed by atoms with Gasteiger partial charge < -0.3 is 0 Å². The molecule has 0 nitrogen and oxygen atoms in total. The molecule has 1 heteroatoms. The van der Waals surface area contributed by atoms with Gasteiger partial charge in [-0.05, 0) is 0 Å². The summed E-state index contributed by atoms with van der Waals surface area (Å²) < 4.78 is 0. The maximum absolute atomic E-state index is 1.50. The molecular weight excluding hydrogens is 155 g/mol. The van der Waals surface area contributed by atoms with E-state index in [2.05, 4.69) is 0 Å². The fourth-order valence-electron chi connectivity index (χ4n) is 0. The summed E-state index contributed by atoms with van der Waals surface area (Å²) in [6, 6.07) is 0. The van der Waals surface area contributed by atoms with Gasteiger partial charge in [-0.2, -0.15) is 0 Å². The number of hydrogen-bond donors (Lipinski definition) is 0. The zero-order valence-corrected chi connectivity index (χ0v) is 5.48. The molecule has 0 saturated heterocycles. The standard InChI is InChI=1S/C3H6.Sn/c1-2-3-1;/h1-3H2;. The molecular formula is C3H6Sn. The van der Waals surface area contributed by atoms with E-state index in [-0.39, 0.29) is 23.9 Å². The van der Waals surface area contributed by atoms with E-state index in [4.69, 9.17) is 0 Å². The van der Waals surface area contributed by atoms with Gasteiger partial charge in [-0.1, -0.05) is 19.3 Å². The van der Waals surface area contributed by atoms with Crippen molar-refractivity contribution in [3.8, 4) is 0 Å². The minimum Gasteiger partial charge on any atom is -0.0533 e. The van der Waals surface area contributed by atoms with Crippen LogP contribution in [0.5, 0.6) is 0 Å². The molecule has 1 aliphatic carbocycles. The Morgan fingerprint density at radius 2 is 1.00 bits per heavy atom. The summed E-state index contributed by atoms with van der Waals surface area (Å²) in [5, 5.41) is 0. The second-order valence-electron chi connectivity index (χ2n) is 1.06. The predicted molar refractivity (Wildman–Crippen MR) is 19.6 cm³/mol. The van der Waals surface area contributed by atoms with Crippen LogP contribution in [0.1, 0.15) is 19.3 Å². The molecule has 0 spiro atoms. The van der Waals surface area contributed by atoms with E-state index in [1.54, 1.807) is 0 Å². The van der Waals surface area contributed by atoms with Crippen molar-refractivity contribution < 1.29 is 0 Å². The maximum Gasteiger partial charge on any atom is 0 e. The largest absolute Gasteiger partial charge is 0.0533 e. The summed E-state index contributed by atoms with van der Waals surface area (Å²) in [4.78, 5) is 0. The van der Waals surface area contributed by atoms with Crippen molar-refractivity contribution in [1.29, 1.82) is 0 Å². The first kappa shape index (κ1) is 4.80. The second kappa shape index (κ2) is 2.06. The van der Waals surface area contributed by atoms with Crippen molar-refractivity contribution in [2.24, 2.45) is 0 Å². The fraction of sp³-hybridized carbons (Fsp3) is 1.00. The van der Waals surface area contributed by atoms with Crippen molar-refractivity contribution in [3.05, 3.63) is 0 Å². The number of rotatable bonds is 0. The van der Waals surface area contributed by atoms with Gasteiger partial charge in [0.15, 0.2) is 0 Å². The Bertz CT molecular complexity index is 8.00. The SMILES string of the molecule is C1CC1.[Sn]. The average molecular weight is 161 g/mol. The summed E-state index contributed by atoms with van der Waals surface area (Å²) in [5.41, 5.74) is 0. The third-order valence-corrected chi connectivity index (χ3v) is 0.354. The molecule has 22 valence electrons. The van der Waals surface area contributed by atoms with E-state index in [9.17, 15) is 0 Å². The Labute approximate surface area is 43.5 Å². The van der Waals surface area contributed by atoms with Gasteiger partial charge in [-0.15, -0.1) is 0 Å². The van der Waals surface area contributed by atoms with Gasteiger partial charge in [0.25, 0.3) is 0 Å². The zero-order chi connectivity index (χ0) is 2.12. The van der Waals surface area contributed by atoms with Gasteiger partial charge in [0.05, 0.1) is 0 Å². The van der Waals surface area contributed by atoms with Gasteiger partial charge in [0.1, 0.15) is 0 Å². The molecule has 4 radical (unpaired) electrons. The van der Waals surface area contributed by atoms with Crippen molar-refractivity contribution in [2.45, 2.75) is 19.3 Å². The molecule has 4 heavy (non-hydrogen) atoms. The summed E-state index contributed by atoms with van der Waals surface area (Å²) in [6.07, 6.45) is 4.50. The summed E-state index contributed by atoms with van der Waals surface area (Å²) in [6.45, 7) is 0. The molecule has 1 saturated carbocycles. The van der Waals surface area contributed by atoms with Crippen LogP contribution < -0.4 is 0 Å². The van der Waals surface area contributed by atoms with Gasteiger partial charge in [0, 0.05) is 23.9 Å². The fourth-order valence-corrected chi connectivity index (χ4v) is 0. The topological polar surface area (TPSA) is 0 Å². The third kappa shape index (κ3) is 2.80. The van der Waals surface area contributed by atoms with Crippen molar-refractivity contribution in [2.75, 3.05) is 0 Å². The van der Waals surface area contributed by atoms with E-state index in [0.29, 0.717) is 0 Å². The molecule has 0 amide bonds. The molecule has 0 unspecified atom stereocenters. The van der Waals surface area contributed by atoms with Gasteiger partial charge >= 0.3 is 0 Å². The van der Waals surface area contributed by atoms with Crippen LogP contribution in [0.3, 0.4) is 0 Å². The maximum atomic E-state index is 1.50. The smallest absolute Gasteiger partial charge is 0 e. The van der Waals surface area contributed by atoms with Crippen LogP contribution in [0, 0.1) is 0 Å². The monoisotopic (exact) mass is 162 g/mol. The van der Waals surface area contributed by atoms with Gasteiger partial charge in [-0.3, -0.25) is 0 Å². The first-order valence-corrected chi connectivity index (χ1v) is 1.50. The molecule has 0 heterocycles. The molecule has 0 aromatic rings. The van der Waals surface area contributed by atoms with Crippen LogP contribution in [0.25, 0.3) is 0 Å². The minimum absolute atomic E-state index is 0. The van der Waals surface area contributed by atoms with E-state index < -0.39 is 0 Å². The summed E-state index contributed by atoms with van der Waals surface area (Å²) in [7, 11) is 0. The minimum atomic E-state index is 0. The van der Waals surface area contributed by atoms with Crippen LogP contribution in [0.15, 0.2) is 0 Å². The average Bonchev–Trinajstić information content (AvgIpc) is 1.46. The van der Waals surface area contributed by atoms with Gasteiger partial charge in [0.2, 0.25) is 0 Å². The van der Waals surface area contributed by atoms with E-state index in [1.165, 1.54) is 19.3 Å². The molecule has 0 bridgehead atoms. The van der Waals surface area contributed by atoms with Gasteiger partial charge in [-0.25, -0.2) is 0 Å². The van der Waals surface area contributed by atoms with Crippen LogP contribution >= 0.6 is 0 Å². The van der Waals surface area contributed by atoms with E-state index in [0.717, 1.165) is 0 Å². The molecule has 0 aromatic carbocycles. The van der Waals surface area contributed by atoms with Crippen LogP contribution in [0.2, 0.25) is 0 Å². The Kier molecular flexibility index (Phi) is 2.47. The molecule has 1 aliphatic rings. The molecule has 0 N–H and O–H groups in total. The Morgan fingerprint density at radius 3 is 1.00 bits per heavy atom. The third-order valence-electron chi connectivity index (χ3n) is 0.354. The molecule has 0 atom stereocenters. The predicted octanol–water partition coefficient (Wildman–Crippen LogP) is 0.789. The number of hydrogen-bond acceptors (Lipinski definition) is 0. The first-order chi connectivity index (χ1) is 1.50. The van der Waals surface area contributed by atoms with Crippen molar-refractivity contribution in [3.63, 3.8) is 0 Å². The quantitative estimate of drug-likeness (QED) is 0.460. The van der Waals surface area contributed by atoms with Crippen molar-refractivity contribution >= 4 is 23.9 Å². The first-order valence-electron chi connectivity index (χ1n) is 1.50. The molecule has 0 aliphatic heterocycles. The van der Waals surface area contributed by atoms with E-state index in [1.807, 2.05) is 0 Å². The van der Waals surface area contributed by atoms with E-state index >= 15 is 0 Å². The molecule has 1 rings (SSSR count). The Hall–Kier alpha value is 0.799. The summed E-state index contributed by atoms with van der Waals surface area (Å²) in [5.74, 6) is 0. The normalized spacial score (nSPS) is 18.0.